The highest BCUT2D eigenvalue weighted by atomic mass is 19.4. The van der Waals surface area contributed by atoms with Crippen molar-refractivity contribution in [3.8, 4) is 17.0 Å². The molecule has 0 unspecified atom stereocenters. The minimum atomic E-state index is -4.74. The number of carboxylic acids is 1. The van der Waals surface area contributed by atoms with Crippen molar-refractivity contribution in [3.05, 3.63) is 36.0 Å². The van der Waals surface area contributed by atoms with Crippen LogP contribution in [0.2, 0.25) is 0 Å². The minimum Gasteiger partial charge on any atom is -0.550 e. The zero-order valence-corrected chi connectivity index (χ0v) is 10.8. The molecule has 2 aromatic rings. The number of alkyl halides is 3. The van der Waals surface area contributed by atoms with E-state index in [0.717, 1.165) is 12.1 Å². The third-order valence-electron chi connectivity index (χ3n) is 2.69. The van der Waals surface area contributed by atoms with Crippen molar-refractivity contribution < 1.29 is 27.8 Å². The molecule has 0 aliphatic carbocycles. The molecule has 2 rings (SSSR count). The van der Waals surface area contributed by atoms with Gasteiger partial charge in [0.2, 0.25) is 0 Å². The van der Waals surface area contributed by atoms with Gasteiger partial charge in [0.1, 0.15) is 5.75 Å². The van der Waals surface area contributed by atoms with E-state index in [-0.39, 0.29) is 12.2 Å². The largest absolute Gasteiger partial charge is 0.573 e. The van der Waals surface area contributed by atoms with Crippen molar-refractivity contribution in [3.63, 3.8) is 0 Å². The molecule has 0 fully saturated rings. The summed E-state index contributed by atoms with van der Waals surface area (Å²) in [5, 5.41) is 14.7. The first kappa shape index (κ1) is 14.9. The van der Waals surface area contributed by atoms with Crippen LogP contribution in [0, 0.1) is 0 Å². The van der Waals surface area contributed by atoms with Crippen LogP contribution in [0.4, 0.5) is 13.2 Å². The van der Waals surface area contributed by atoms with Gasteiger partial charge in [-0.15, -0.1) is 13.2 Å². The Labute approximate surface area is 117 Å². The van der Waals surface area contributed by atoms with Crippen LogP contribution in [-0.4, -0.2) is 22.1 Å². The summed E-state index contributed by atoms with van der Waals surface area (Å²) in [6.07, 6.45) is -5.03. The Bertz CT molecular complexity index is 648. The number of carbonyl (C=O) groups is 1. The lowest BCUT2D eigenvalue weighted by atomic mass is 10.1. The van der Waals surface area contributed by atoms with E-state index < -0.39 is 12.3 Å². The van der Waals surface area contributed by atoms with Gasteiger partial charge < -0.3 is 14.6 Å². The first-order chi connectivity index (χ1) is 9.74. The highest BCUT2D eigenvalue weighted by molar-refractivity contribution is 5.69. The summed E-state index contributed by atoms with van der Waals surface area (Å²) in [6.45, 7) is 0. The van der Waals surface area contributed by atoms with Gasteiger partial charge in [0, 0.05) is 30.7 Å². The van der Waals surface area contributed by atoms with Gasteiger partial charge in [-0.05, 0) is 30.3 Å². The van der Waals surface area contributed by atoms with Crippen LogP contribution in [0.3, 0.4) is 0 Å². The summed E-state index contributed by atoms with van der Waals surface area (Å²) < 4.78 is 41.3. The molecule has 0 aliphatic rings. The molecule has 8 heteroatoms. The number of aromatic nitrogens is 2. The average Bonchev–Trinajstić information content (AvgIpc) is 2.69. The second-order valence-corrected chi connectivity index (χ2v) is 4.27. The highest BCUT2D eigenvalue weighted by Gasteiger charge is 2.30. The Morgan fingerprint density at radius 2 is 1.95 bits per heavy atom. The third kappa shape index (κ3) is 3.98. The van der Waals surface area contributed by atoms with Crippen LogP contribution < -0.4 is 9.84 Å². The van der Waals surface area contributed by atoms with Gasteiger partial charge in [-0.3, -0.25) is 4.68 Å². The third-order valence-corrected chi connectivity index (χ3v) is 2.69. The highest BCUT2D eigenvalue weighted by Crippen LogP contribution is 2.26. The summed E-state index contributed by atoms with van der Waals surface area (Å²) in [5.74, 6) is -1.57. The van der Waals surface area contributed by atoms with Crippen molar-refractivity contribution >= 4 is 5.97 Å². The fraction of sp³-hybridized carbons (Fsp3) is 0.231. The lowest BCUT2D eigenvalue weighted by Gasteiger charge is -2.08. The molecule has 0 saturated heterocycles. The number of aryl methyl sites for hydroxylation is 1. The lowest BCUT2D eigenvalue weighted by molar-refractivity contribution is -0.304. The van der Waals surface area contributed by atoms with Crippen LogP contribution >= 0.6 is 0 Å². The van der Waals surface area contributed by atoms with E-state index >= 15 is 0 Å². The van der Waals surface area contributed by atoms with Crippen LogP contribution in [0.15, 0.2) is 30.3 Å². The molecular formula is C13H10F3N2O3-. The summed E-state index contributed by atoms with van der Waals surface area (Å²) in [4.78, 5) is 10.6. The number of halogens is 3. The fourth-order valence-corrected chi connectivity index (χ4v) is 1.79. The average molecular weight is 299 g/mol. The van der Waals surface area contributed by atoms with E-state index in [2.05, 4.69) is 9.84 Å². The molecule has 1 aromatic heterocycles. The number of carboxylic acid groups (broad SMARTS) is 1. The number of benzene rings is 1. The monoisotopic (exact) mass is 299 g/mol. The summed E-state index contributed by atoms with van der Waals surface area (Å²) in [7, 11) is 1.57. The summed E-state index contributed by atoms with van der Waals surface area (Å²) in [6, 6.07) is 6.68. The molecule has 5 nitrogen and oxygen atoms in total. The van der Waals surface area contributed by atoms with Crippen molar-refractivity contribution in [2.24, 2.45) is 7.05 Å². The number of hydrogen-bond acceptors (Lipinski definition) is 4. The van der Waals surface area contributed by atoms with E-state index in [9.17, 15) is 23.1 Å². The second kappa shape index (κ2) is 5.47. The van der Waals surface area contributed by atoms with Gasteiger partial charge in [0.15, 0.2) is 0 Å². The standard InChI is InChI=1S/C13H11F3N2O3/c1-18-9(7-12(19)20)6-11(17-18)8-2-4-10(5-3-8)21-13(14,15)16/h2-6H,7H2,1H3,(H,19,20)/p-1. The maximum atomic E-state index is 12.0. The van der Waals surface area contributed by atoms with E-state index in [0.29, 0.717) is 17.0 Å². The molecule has 1 heterocycles. The SMILES string of the molecule is Cn1nc(-c2ccc(OC(F)(F)F)cc2)cc1CC(=O)[O-]. The topological polar surface area (TPSA) is 67.2 Å². The minimum absolute atomic E-state index is 0.293. The smallest absolute Gasteiger partial charge is 0.550 e. The Balaban J connectivity index is 2.21. The molecule has 0 radical (unpaired) electrons. The van der Waals surface area contributed by atoms with E-state index in [4.69, 9.17) is 0 Å². The van der Waals surface area contributed by atoms with Gasteiger partial charge in [-0.25, -0.2) is 0 Å². The molecule has 0 spiro atoms. The molecule has 0 amide bonds. The predicted octanol–water partition coefficient (Wildman–Crippen LogP) is 1.28. The van der Waals surface area contributed by atoms with Crippen molar-refractivity contribution in [2.75, 3.05) is 0 Å². The lowest BCUT2D eigenvalue weighted by Crippen LogP contribution is -2.25. The Kier molecular flexibility index (Phi) is 3.88. The summed E-state index contributed by atoms with van der Waals surface area (Å²) >= 11 is 0. The first-order valence-electron chi connectivity index (χ1n) is 5.83. The molecule has 1 aromatic carbocycles. The molecule has 112 valence electrons. The second-order valence-electron chi connectivity index (χ2n) is 4.27. The zero-order chi connectivity index (χ0) is 15.6. The number of hydrogen-bond donors (Lipinski definition) is 0. The fourth-order valence-electron chi connectivity index (χ4n) is 1.79. The van der Waals surface area contributed by atoms with Gasteiger partial charge >= 0.3 is 6.36 Å². The molecular weight excluding hydrogens is 289 g/mol. The number of carbonyl (C=O) groups excluding carboxylic acids is 1. The number of aliphatic carboxylic acids is 1. The molecule has 0 atom stereocenters. The van der Waals surface area contributed by atoms with E-state index in [1.165, 1.54) is 22.9 Å². The maximum absolute atomic E-state index is 12.0. The Morgan fingerprint density at radius 3 is 2.48 bits per heavy atom. The molecule has 0 bridgehead atoms. The Hall–Kier alpha value is -2.51. The molecule has 0 N–H and O–H groups in total. The van der Waals surface area contributed by atoms with Gasteiger partial charge in [-0.2, -0.15) is 5.10 Å². The van der Waals surface area contributed by atoms with Crippen LogP contribution in [0.1, 0.15) is 5.69 Å². The number of nitrogens with zero attached hydrogens (tertiary/aromatic N) is 2. The van der Waals surface area contributed by atoms with Crippen LogP contribution in [0.5, 0.6) is 5.75 Å². The van der Waals surface area contributed by atoms with Crippen LogP contribution in [0.25, 0.3) is 11.3 Å². The van der Waals surface area contributed by atoms with Crippen molar-refractivity contribution in [1.82, 2.24) is 9.78 Å². The molecule has 0 saturated carbocycles. The predicted molar refractivity (Wildman–Crippen MR) is 64.0 cm³/mol. The van der Waals surface area contributed by atoms with Crippen molar-refractivity contribution in [2.45, 2.75) is 12.8 Å². The van der Waals surface area contributed by atoms with Gasteiger partial charge in [-0.1, -0.05) is 0 Å². The molecule has 21 heavy (non-hydrogen) atoms. The van der Waals surface area contributed by atoms with Gasteiger partial charge in [0.05, 0.1) is 5.69 Å². The van der Waals surface area contributed by atoms with E-state index in [1.54, 1.807) is 7.05 Å². The quantitative estimate of drug-likeness (QED) is 0.853. The zero-order valence-electron chi connectivity index (χ0n) is 10.8. The van der Waals surface area contributed by atoms with Gasteiger partial charge in [0.25, 0.3) is 0 Å². The summed E-state index contributed by atoms with van der Waals surface area (Å²) in [5.41, 5.74) is 1.43. The first-order valence-corrected chi connectivity index (χ1v) is 5.83. The number of rotatable bonds is 4. The molecule has 0 aliphatic heterocycles. The van der Waals surface area contributed by atoms with Crippen LogP contribution in [-0.2, 0) is 18.3 Å². The normalized spacial score (nSPS) is 11.4. The van der Waals surface area contributed by atoms with Crippen molar-refractivity contribution in [1.29, 1.82) is 0 Å². The Morgan fingerprint density at radius 1 is 1.33 bits per heavy atom. The van der Waals surface area contributed by atoms with E-state index in [1.807, 2.05) is 0 Å². The maximum Gasteiger partial charge on any atom is 0.573 e. The number of ether oxygens (including phenoxy) is 1.